The van der Waals surface area contributed by atoms with E-state index < -0.39 is 11.6 Å². The number of rotatable bonds is 7. The van der Waals surface area contributed by atoms with Crippen LogP contribution in [-0.2, 0) is 19.4 Å². The Labute approximate surface area is 139 Å². The SMILES string of the molecule is O=C(NCCc1ccc(CO)cc1)NCCc1cc(F)cc(F)c1. The topological polar surface area (TPSA) is 61.4 Å². The third-order valence-electron chi connectivity index (χ3n) is 3.53. The van der Waals surface area contributed by atoms with Gasteiger partial charge in [0.25, 0.3) is 0 Å². The maximum atomic E-state index is 13.0. The normalized spacial score (nSPS) is 10.5. The number of nitrogens with one attached hydrogen (secondary N) is 2. The first-order chi connectivity index (χ1) is 11.6. The van der Waals surface area contributed by atoms with Crippen LogP contribution in [0.3, 0.4) is 0 Å². The smallest absolute Gasteiger partial charge is 0.314 e. The monoisotopic (exact) mass is 334 g/mol. The standard InChI is InChI=1S/C18H20F2N2O2/c19-16-9-15(10-17(20)11-16)6-8-22-18(24)21-7-5-13-1-3-14(12-23)4-2-13/h1-4,9-11,23H,5-8,12H2,(H2,21,22,24). The predicted molar refractivity (Wildman–Crippen MR) is 87.5 cm³/mol. The molecule has 24 heavy (non-hydrogen) atoms. The lowest BCUT2D eigenvalue weighted by Crippen LogP contribution is -2.37. The van der Waals surface area contributed by atoms with E-state index >= 15 is 0 Å². The largest absolute Gasteiger partial charge is 0.392 e. The zero-order chi connectivity index (χ0) is 17.4. The van der Waals surface area contributed by atoms with Crippen LogP contribution in [-0.4, -0.2) is 24.2 Å². The van der Waals surface area contributed by atoms with Gasteiger partial charge in [0.2, 0.25) is 0 Å². The number of carbonyl (C=O) groups is 1. The molecule has 0 fully saturated rings. The lowest BCUT2D eigenvalue weighted by Gasteiger charge is -2.08. The van der Waals surface area contributed by atoms with Gasteiger partial charge in [-0.3, -0.25) is 0 Å². The van der Waals surface area contributed by atoms with Crippen LogP contribution in [0.2, 0.25) is 0 Å². The Balaban J connectivity index is 1.65. The lowest BCUT2D eigenvalue weighted by atomic mass is 10.1. The Morgan fingerprint density at radius 1 is 0.833 bits per heavy atom. The molecule has 0 atom stereocenters. The minimum atomic E-state index is -0.623. The van der Waals surface area contributed by atoms with Crippen molar-refractivity contribution in [1.82, 2.24) is 10.6 Å². The summed E-state index contributed by atoms with van der Waals surface area (Å²) in [7, 11) is 0. The Morgan fingerprint density at radius 3 is 1.88 bits per heavy atom. The first kappa shape index (κ1) is 17.9. The fourth-order valence-corrected chi connectivity index (χ4v) is 2.27. The number of hydrogen-bond donors (Lipinski definition) is 3. The van der Waals surface area contributed by atoms with Crippen LogP contribution < -0.4 is 10.6 Å². The summed E-state index contributed by atoms with van der Waals surface area (Å²) in [5, 5.41) is 14.3. The number of halogens is 2. The van der Waals surface area contributed by atoms with E-state index in [-0.39, 0.29) is 12.6 Å². The molecule has 128 valence electrons. The summed E-state index contributed by atoms with van der Waals surface area (Å²) in [6.45, 7) is 0.773. The molecule has 0 saturated carbocycles. The highest BCUT2D eigenvalue weighted by Crippen LogP contribution is 2.08. The molecule has 0 aliphatic carbocycles. The number of amides is 2. The molecular formula is C18H20F2N2O2. The average molecular weight is 334 g/mol. The zero-order valence-corrected chi connectivity index (χ0v) is 13.2. The third kappa shape index (κ3) is 5.96. The minimum absolute atomic E-state index is 0.0101. The summed E-state index contributed by atoms with van der Waals surface area (Å²) in [5.74, 6) is -1.25. The van der Waals surface area contributed by atoms with E-state index in [9.17, 15) is 13.6 Å². The molecule has 6 heteroatoms. The number of urea groups is 1. The van der Waals surface area contributed by atoms with Crippen LogP contribution >= 0.6 is 0 Å². The molecule has 0 spiro atoms. The Hall–Kier alpha value is -2.47. The van der Waals surface area contributed by atoms with Gasteiger partial charge in [-0.05, 0) is 41.7 Å². The van der Waals surface area contributed by atoms with Gasteiger partial charge in [0.1, 0.15) is 11.6 Å². The average Bonchev–Trinajstić information content (AvgIpc) is 2.54. The van der Waals surface area contributed by atoms with Gasteiger partial charge < -0.3 is 15.7 Å². The number of aliphatic hydroxyl groups excluding tert-OH is 1. The van der Waals surface area contributed by atoms with Crippen LogP contribution in [0.15, 0.2) is 42.5 Å². The number of benzene rings is 2. The molecule has 0 aromatic heterocycles. The molecule has 0 heterocycles. The summed E-state index contributed by atoms with van der Waals surface area (Å²) in [5.41, 5.74) is 2.40. The van der Waals surface area contributed by atoms with Crippen molar-refractivity contribution in [2.24, 2.45) is 0 Å². The van der Waals surface area contributed by atoms with Crippen LogP contribution in [0, 0.1) is 11.6 Å². The van der Waals surface area contributed by atoms with E-state index in [1.807, 2.05) is 24.3 Å². The molecule has 2 rings (SSSR count). The molecule has 2 amide bonds. The maximum Gasteiger partial charge on any atom is 0.314 e. The number of hydrogen-bond acceptors (Lipinski definition) is 2. The molecule has 3 N–H and O–H groups in total. The van der Waals surface area contributed by atoms with Crippen LogP contribution in [0.1, 0.15) is 16.7 Å². The Morgan fingerprint density at radius 2 is 1.33 bits per heavy atom. The van der Waals surface area contributed by atoms with E-state index in [1.54, 1.807) is 0 Å². The number of aliphatic hydroxyl groups is 1. The van der Waals surface area contributed by atoms with Crippen molar-refractivity contribution in [2.45, 2.75) is 19.4 Å². The first-order valence-corrected chi connectivity index (χ1v) is 7.72. The molecule has 0 unspecified atom stereocenters. The van der Waals surface area contributed by atoms with Crippen molar-refractivity contribution in [1.29, 1.82) is 0 Å². The molecule has 2 aromatic carbocycles. The van der Waals surface area contributed by atoms with Gasteiger partial charge in [-0.25, -0.2) is 13.6 Å². The number of carbonyl (C=O) groups excluding carboxylic acids is 1. The van der Waals surface area contributed by atoms with E-state index in [2.05, 4.69) is 10.6 Å². The van der Waals surface area contributed by atoms with Crippen LogP contribution in [0.5, 0.6) is 0 Å². The van der Waals surface area contributed by atoms with Crippen molar-refractivity contribution < 1.29 is 18.7 Å². The van der Waals surface area contributed by atoms with E-state index in [4.69, 9.17) is 5.11 Å². The second-order valence-electron chi connectivity index (χ2n) is 5.43. The molecule has 0 bridgehead atoms. The quantitative estimate of drug-likeness (QED) is 0.729. The maximum absolute atomic E-state index is 13.0. The van der Waals surface area contributed by atoms with E-state index in [1.165, 1.54) is 12.1 Å². The molecule has 4 nitrogen and oxygen atoms in total. The molecule has 0 aliphatic rings. The van der Waals surface area contributed by atoms with Gasteiger partial charge in [0.05, 0.1) is 6.61 Å². The fourth-order valence-electron chi connectivity index (χ4n) is 2.27. The summed E-state index contributed by atoms with van der Waals surface area (Å²) >= 11 is 0. The molecule has 0 radical (unpaired) electrons. The Bertz CT molecular complexity index is 655. The van der Waals surface area contributed by atoms with Crippen molar-refractivity contribution >= 4 is 6.03 Å². The summed E-state index contributed by atoms with van der Waals surface area (Å²) in [6.07, 6.45) is 1.03. The van der Waals surface area contributed by atoms with Gasteiger partial charge in [0.15, 0.2) is 0 Å². The summed E-state index contributed by atoms with van der Waals surface area (Å²) in [4.78, 5) is 11.7. The van der Waals surface area contributed by atoms with Gasteiger partial charge in [-0.2, -0.15) is 0 Å². The van der Waals surface area contributed by atoms with E-state index in [0.717, 1.165) is 17.2 Å². The highest BCUT2D eigenvalue weighted by atomic mass is 19.1. The summed E-state index contributed by atoms with van der Waals surface area (Å²) in [6, 6.07) is 10.5. The molecule has 2 aromatic rings. The van der Waals surface area contributed by atoms with Crippen LogP contribution in [0.25, 0.3) is 0 Å². The highest BCUT2D eigenvalue weighted by Gasteiger charge is 2.03. The lowest BCUT2D eigenvalue weighted by molar-refractivity contribution is 0.241. The minimum Gasteiger partial charge on any atom is -0.392 e. The zero-order valence-electron chi connectivity index (χ0n) is 13.2. The van der Waals surface area contributed by atoms with E-state index in [0.29, 0.717) is 31.5 Å². The fraction of sp³-hybridized carbons (Fsp3) is 0.278. The molecular weight excluding hydrogens is 314 g/mol. The highest BCUT2D eigenvalue weighted by molar-refractivity contribution is 5.73. The van der Waals surface area contributed by atoms with Gasteiger partial charge in [-0.1, -0.05) is 24.3 Å². The van der Waals surface area contributed by atoms with Crippen molar-refractivity contribution in [2.75, 3.05) is 13.1 Å². The molecule has 0 aliphatic heterocycles. The van der Waals surface area contributed by atoms with Gasteiger partial charge in [-0.15, -0.1) is 0 Å². The Kier molecular flexibility index (Phi) is 6.69. The second-order valence-corrected chi connectivity index (χ2v) is 5.43. The van der Waals surface area contributed by atoms with Gasteiger partial charge >= 0.3 is 6.03 Å². The van der Waals surface area contributed by atoms with Gasteiger partial charge in [0, 0.05) is 19.2 Å². The third-order valence-corrected chi connectivity index (χ3v) is 3.53. The van der Waals surface area contributed by atoms with Crippen molar-refractivity contribution in [3.63, 3.8) is 0 Å². The summed E-state index contributed by atoms with van der Waals surface area (Å²) < 4.78 is 26.1. The second kappa shape index (κ2) is 8.98. The predicted octanol–water partition coefficient (Wildman–Crippen LogP) is 2.54. The van der Waals surface area contributed by atoms with Crippen LogP contribution in [0.4, 0.5) is 13.6 Å². The van der Waals surface area contributed by atoms with Crippen molar-refractivity contribution in [3.05, 3.63) is 70.8 Å². The first-order valence-electron chi connectivity index (χ1n) is 7.72. The molecule has 0 saturated heterocycles. The van der Waals surface area contributed by atoms with Crippen molar-refractivity contribution in [3.8, 4) is 0 Å².